The summed E-state index contributed by atoms with van der Waals surface area (Å²) in [5.74, 6) is -0.147. The molecule has 0 radical (unpaired) electrons. The van der Waals surface area contributed by atoms with E-state index in [2.05, 4.69) is 19.2 Å². The van der Waals surface area contributed by atoms with Gasteiger partial charge in [0, 0.05) is 6.42 Å². The van der Waals surface area contributed by atoms with E-state index in [1.54, 1.807) is 0 Å². The first-order valence-corrected chi connectivity index (χ1v) is 18.7. The van der Waals surface area contributed by atoms with Crippen molar-refractivity contribution in [2.24, 2.45) is 0 Å². The maximum atomic E-state index is 12.8. The summed E-state index contributed by atoms with van der Waals surface area (Å²) < 4.78 is 11.2. The molecule has 1 aliphatic rings. The van der Waals surface area contributed by atoms with Gasteiger partial charge in [0.1, 0.15) is 24.4 Å². The molecule has 0 spiro atoms. The van der Waals surface area contributed by atoms with Crippen LogP contribution in [0.4, 0.5) is 0 Å². The number of carbonyl (C=O) groups is 1. The van der Waals surface area contributed by atoms with Crippen molar-refractivity contribution < 1.29 is 39.8 Å². The Balaban J connectivity index is 2.44. The van der Waals surface area contributed by atoms with E-state index in [0.29, 0.717) is 12.8 Å². The molecule has 1 aliphatic heterocycles. The van der Waals surface area contributed by atoms with Gasteiger partial charge in [0.05, 0.1) is 25.4 Å². The van der Waals surface area contributed by atoms with E-state index in [0.717, 1.165) is 38.5 Å². The smallest absolute Gasteiger partial charge is 0.220 e. The highest BCUT2D eigenvalue weighted by molar-refractivity contribution is 5.76. The molecule has 268 valence electrons. The van der Waals surface area contributed by atoms with Crippen molar-refractivity contribution in [3.63, 3.8) is 0 Å². The third kappa shape index (κ3) is 20.2. The number of hydrogen-bond acceptors (Lipinski definition) is 8. The zero-order valence-corrected chi connectivity index (χ0v) is 28.9. The van der Waals surface area contributed by atoms with Crippen molar-refractivity contribution in [3.05, 3.63) is 0 Å². The molecule has 9 nitrogen and oxygen atoms in total. The molecule has 9 heteroatoms. The molecular formula is C36H71NO8. The third-order valence-corrected chi connectivity index (χ3v) is 9.21. The Morgan fingerprint density at radius 2 is 1.11 bits per heavy atom. The first-order valence-electron chi connectivity index (χ1n) is 18.7. The molecule has 1 saturated heterocycles. The summed E-state index contributed by atoms with van der Waals surface area (Å²) in [6, 6.07) is -0.708. The van der Waals surface area contributed by atoms with E-state index in [1.165, 1.54) is 103 Å². The summed E-state index contributed by atoms with van der Waals surface area (Å²) >= 11 is 0. The summed E-state index contributed by atoms with van der Waals surface area (Å²) in [6.45, 7) is 3.79. The lowest BCUT2D eigenvalue weighted by Crippen LogP contribution is -2.60. The average molecular weight is 646 g/mol. The van der Waals surface area contributed by atoms with Crippen molar-refractivity contribution in [3.8, 4) is 0 Å². The quantitative estimate of drug-likeness (QED) is 0.0517. The van der Waals surface area contributed by atoms with E-state index in [-0.39, 0.29) is 12.5 Å². The van der Waals surface area contributed by atoms with E-state index in [9.17, 15) is 30.3 Å². The van der Waals surface area contributed by atoms with Crippen molar-refractivity contribution in [2.75, 3.05) is 13.2 Å². The maximum Gasteiger partial charge on any atom is 0.220 e. The average Bonchev–Trinajstić information content (AvgIpc) is 3.04. The van der Waals surface area contributed by atoms with Crippen LogP contribution in [0.5, 0.6) is 0 Å². The SMILES string of the molecule is CCCCCCCCCCCCCC(=O)N[C@@H](CO[C@H]1O[C@@H](CO)[C@H](O)[C@H](O)[C@@H]1O)[C@@H](O)CCCCCCCCCCCCC. The lowest BCUT2D eigenvalue weighted by atomic mass is 9.99. The minimum Gasteiger partial charge on any atom is -0.394 e. The Bertz CT molecular complexity index is 681. The van der Waals surface area contributed by atoms with Crippen LogP contribution < -0.4 is 5.32 Å². The summed E-state index contributed by atoms with van der Waals surface area (Å²) in [5, 5.41) is 53.9. The van der Waals surface area contributed by atoms with Crippen LogP contribution in [0.25, 0.3) is 0 Å². The number of nitrogens with one attached hydrogen (secondary N) is 1. The lowest BCUT2D eigenvalue weighted by molar-refractivity contribution is -0.302. The molecule has 0 bridgehead atoms. The van der Waals surface area contributed by atoms with Crippen molar-refractivity contribution in [2.45, 2.75) is 211 Å². The van der Waals surface area contributed by atoms with Gasteiger partial charge in [0.25, 0.3) is 0 Å². The standard InChI is InChI=1S/C36H71NO8/c1-3-5-7-9-11-13-15-17-19-21-23-25-30(39)29(28-44-36-35(43)34(42)33(41)31(27-38)45-36)37-32(40)26-24-22-20-18-16-14-12-10-8-6-4-2/h29-31,33-36,38-39,41-43H,3-28H2,1-2H3,(H,37,40)/t29-,30-,31-,33-,34-,35-,36-/m0/s1. The molecule has 1 amide bonds. The van der Waals surface area contributed by atoms with E-state index in [4.69, 9.17) is 9.47 Å². The summed E-state index contributed by atoms with van der Waals surface area (Å²) in [7, 11) is 0. The second-order valence-corrected chi connectivity index (χ2v) is 13.4. The van der Waals surface area contributed by atoms with Gasteiger partial charge in [-0.1, -0.05) is 149 Å². The molecule has 0 aromatic heterocycles. The molecule has 7 atom stereocenters. The third-order valence-electron chi connectivity index (χ3n) is 9.21. The van der Waals surface area contributed by atoms with Crippen molar-refractivity contribution in [1.29, 1.82) is 0 Å². The molecule has 1 rings (SSSR count). The zero-order valence-electron chi connectivity index (χ0n) is 28.9. The molecule has 0 aliphatic carbocycles. The fourth-order valence-corrected chi connectivity index (χ4v) is 6.10. The van der Waals surface area contributed by atoms with Gasteiger partial charge in [-0.3, -0.25) is 4.79 Å². The van der Waals surface area contributed by atoms with Crippen LogP contribution in [0.2, 0.25) is 0 Å². The predicted octanol–water partition coefficient (Wildman–Crippen LogP) is 6.05. The van der Waals surface area contributed by atoms with Crippen LogP contribution in [0.3, 0.4) is 0 Å². The number of amides is 1. The number of carbonyl (C=O) groups excluding carboxylic acids is 1. The molecule has 0 aromatic rings. The van der Waals surface area contributed by atoms with Crippen LogP contribution >= 0.6 is 0 Å². The Hall–Kier alpha value is -0.810. The summed E-state index contributed by atoms with van der Waals surface area (Å²) in [6.07, 6.45) is 19.6. The summed E-state index contributed by atoms with van der Waals surface area (Å²) in [4.78, 5) is 12.8. The molecule has 0 aromatic carbocycles. The van der Waals surface area contributed by atoms with Gasteiger partial charge in [-0.25, -0.2) is 0 Å². The van der Waals surface area contributed by atoms with Crippen LogP contribution in [0, 0.1) is 0 Å². The van der Waals surface area contributed by atoms with Gasteiger partial charge in [-0.15, -0.1) is 0 Å². The van der Waals surface area contributed by atoms with Crippen LogP contribution in [-0.2, 0) is 14.3 Å². The first-order chi connectivity index (χ1) is 21.8. The number of aliphatic hydroxyl groups is 5. The molecule has 1 heterocycles. The minimum absolute atomic E-state index is 0.133. The number of unbranched alkanes of at least 4 members (excludes halogenated alkanes) is 20. The number of aliphatic hydroxyl groups excluding tert-OH is 5. The van der Waals surface area contributed by atoms with Gasteiger partial charge < -0.3 is 40.3 Å². The monoisotopic (exact) mass is 646 g/mol. The fraction of sp³-hybridized carbons (Fsp3) is 0.972. The molecule has 45 heavy (non-hydrogen) atoms. The topological polar surface area (TPSA) is 149 Å². The zero-order chi connectivity index (χ0) is 33.1. The number of rotatable bonds is 30. The van der Waals surface area contributed by atoms with Crippen molar-refractivity contribution in [1.82, 2.24) is 5.32 Å². The number of ether oxygens (including phenoxy) is 2. The van der Waals surface area contributed by atoms with E-state index < -0.39 is 49.5 Å². The number of hydrogen-bond donors (Lipinski definition) is 6. The maximum absolute atomic E-state index is 12.8. The molecule has 1 fully saturated rings. The summed E-state index contributed by atoms with van der Waals surface area (Å²) in [5.41, 5.74) is 0. The van der Waals surface area contributed by atoms with Gasteiger partial charge >= 0.3 is 0 Å². The van der Waals surface area contributed by atoms with Gasteiger partial charge in [-0.2, -0.15) is 0 Å². The second-order valence-electron chi connectivity index (χ2n) is 13.4. The second kappa shape index (κ2) is 28.2. The van der Waals surface area contributed by atoms with E-state index in [1.807, 2.05) is 0 Å². The van der Waals surface area contributed by atoms with Crippen molar-refractivity contribution >= 4 is 5.91 Å². The Morgan fingerprint density at radius 3 is 1.58 bits per heavy atom. The normalized spacial score (nSPS) is 23.2. The van der Waals surface area contributed by atoms with E-state index >= 15 is 0 Å². The van der Waals surface area contributed by atoms with Crippen LogP contribution in [0.1, 0.15) is 168 Å². The highest BCUT2D eigenvalue weighted by Gasteiger charge is 2.44. The molecular weight excluding hydrogens is 574 g/mol. The molecule has 6 N–H and O–H groups in total. The molecule has 0 unspecified atom stereocenters. The fourth-order valence-electron chi connectivity index (χ4n) is 6.10. The highest BCUT2D eigenvalue weighted by atomic mass is 16.7. The largest absolute Gasteiger partial charge is 0.394 e. The highest BCUT2D eigenvalue weighted by Crippen LogP contribution is 2.23. The van der Waals surface area contributed by atoms with Gasteiger partial charge in [-0.05, 0) is 12.8 Å². The van der Waals surface area contributed by atoms with Crippen LogP contribution in [0.15, 0.2) is 0 Å². The first kappa shape index (κ1) is 42.2. The van der Waals surface area contributed by atoms with Crippen LogP contribution in [-0.4, -0.2) is 87.5 Å². The van der Waals surface area contributed by atoms with Gasteiger partial charge in [0.2, 0.25) is 5.91 Å². The Morgan fingerprint density at radius 1 is 0.667 bits per heavy atom. The lowest BCUT2D eigenvalue weighted by Gasteiger charge is -2.40. The Kier molecular flexibility index (Phi) is 26.5. The Labute approximate surface area is 274 Å². The minimum atomic E-state index is -1.55. The predicted molar refractivity (Wildman–Crippen MR) is 180 cm³/mol. The van der Waals surface area contributed by atoms with Gasteiger partial charge in [0.15, 0.2) is 6.29 Å². The molecule has 0 saturated carbocycles.